The van der Waals surface area contributed by atoms with Crippen LogP contribution in [0, 0.1) is 0 Å². The van der Waals surface area contributed by atoms with Gasteiger partial charge in [0.2, 0.25) is 0 Å². The maximum absolute atomic E-state index is 11.9. The van der Waals surface area contributed by atoms with E-state index in [1.807, 2.05) is 26.5 Å². The van der Waals surface area contributed by atoms with Gasteiger partial charge in [-0.3, -0.25) is 9.98 Å². The summed E-state index contributed by atoms with van der Waals surface area (Å²) in [4.78, 5) is 24.4. The first-order valence-corrected chi connectivity index (χ1v) is 7.18. The zero-order chi connectivity index (χ0) is 14.4. The molecule has 2 heterocycles. The average Bonchev–Trinajstić information content (AvgIpc) is 3.01. The van der Waals surface area contributed by atoms with Crippen LogP contribution >= 0.6 is 0 Å². The molecular formula is C13H24N6O. The van der Waals surface area contributed by atoms with Gasteiger partial charge < -0.3 is 20.4 Å². The summed E-state index contributed by atoms with van der Waals surface area (Å²) in [6.07, 6.45) is 3.71. The van der Waals surface area contributed by atoms with Crippen LogP contribution in [-0.2, 0) is 0 Å². The smallest absolute Gasteiger partial charge is 0.315 e. The molecule has 0 saturated heterocycles. The normalized spacial score (nSPS) is 20.3. The van der Waals surface area contributed by atoms with E-state index in [0.717, 1.165) is 39.3 Å². The lowest BCUT2D eigenvalue weighted by Crippen LogP contribution is -2.50. The van der Waals surface area contributed by atoms with Crippen molar-refractivity contribution in [2.75, 3.05) is 39.3 Å². The van der Waals surface area contributed by atoms with Crippen LogP contribution < -0.4 is 10.6 Å². The number of nitrogens with one attached hydrogen (secondary N) is 2. The quantitative estimate of drug-likeness (QED) is 0.705. The van der Waals surface area contributed by atoms with E-state index in [2.05, 4.69) is 30.4 Å². The highest BCUT2D eigenvalue weighted by molar-refractivity contribution is 5.74. The van der Waals surface area contributed by atoms with Gasteiger partial charge in [-0.2, -0.15) is 0 Å². The average molecular weight is 280 g/mol. The Labute approximate surface area is 120 Å². The van der Waals surface area contributed by atoms with Crippen LogP contribution in [0.25, 0.3) is 0 Å². The van der Waals surface area contributed by atoms with Gasteiger partial charge in [-0.1, -0.05) is 0 Å². The standard InChI is InChI=1S/C13H24N6O/c1-11(7-18-5-3-14-9-18)16-13(20)17-12(2)8-19-6-4-15-10-19/h9-12H,3-8H2,1-2H3,(H2,16,17,20). The first-order valence-electron chi connectivity index (χ1n) is 7.18. The number of urea groups is 1. The van der Waals surface area contributed by atoms with Crippen LogP contribution in [0.2, 0.25) is 0 Å². The summed E-state index contributed by atoms with van der Waals surface area (Å²) < 4.78 is 0. The van der Waals surface area contributed by atoms with Gasteiger partial charge in [0.15, 0.2) is 0 Å². The van der Waals surface area contributed by atoms with Gasteiger partial charge in [0.25, 0.3) is 0 Å². The molecule has 2 unspecified atom stereocenters. The molecule has 0 bridgehead atoms. The van der Waals surface area contributed by atoms with Crippen molar-refractivity contribution in [3.63, 3.8) is 0 Å². The Balaban J connectivity index is 1.63. The second-order valence-electron chi connectivity index (χ2n) is 5.45. The fourth-order valence-corrected chi connectivity index (χ4v) is 2.40. The number of nitrogens with zero attached hydrogens (tertiary/aromatic N) is 4. The first kappa shape index (κ1) is 14.6. The predicted octanol–water partition coefficient (Wildman–Crippen LogP) is -0.250. The number of rotatable bonds is 6. The third kappa shape index (κ3) is 4.71. The molecule has 112 valence electrons. The molecule has 0 radical (unpaired) electrons. The fraction of sp³-hybridized carbons (Fsp3) is 0.769. The van der Waals surface area contributed by atoms with Crippen LogP contribution in [0.5, 0.6) is 0 Å². The monoisotopic (exact) mass is 280 g/mol. The zero-order valence-corrected chi connectivity index (χ0v) is 12.2. The third-order valence-electron chi connectivity index (χ3n) is 3.29. The van der Waals surface area contributed by atoms with Crippen molar-refractivity contribution >= 4 is 18.7 Å². The predicted molar refractivity (Wildman–Crippen MR) is 80.5 cm³/mol. The van der Waals surface area contributed by atoms with Crippen molar-refractivity contribution in [2.24, 2.45) is 9.98 Å². The topological polar surface area (TPSA) is 72.3 Å². The van der Waals surface area contributed by atoms with Crippen molar-refractivity contribution in [1.29, 1.82) is 0 Å². The minimum atomic E-state index is -0.114. The van der Waals surface area contributed by atoms with Gasteiger partial charge in [-0.15, -0.1) is 0 Å². The molecule has 0 aromatic rings. The Morgan fingerprint density at radius 1 is 1.05 bits per heavy atom. The fourth-order valence-electron chi connectivity index (χ4n) is 2.40. The summed E-state index contributed by atoms with van der Waals surface area (Å²) in [5, 5.41) is 5.91. The van der Waals surface area contributed by atoms with E-state index in [0.29, 0.717) is 0 Å². The van der Waals surface area contributed by atoms with E-state index in [4.69, 9.17) is 0 Å². The van der Waals surface area contributed by atoms with Gasteiger partial charge in [0.05, 0.1) is 25.8 Å². The molecular weight excluding hydrogens is 256 g/mol. The van der Waals surface area contributed by atoms with Gasteiger partial charge in [0.1, 0.15) is 0 Å². The summed E-state index contributed by atoms with van der Waals surface area (Å²) in [6, 6.07) is 0.0810. The van der Waals surface area contributed by atoms with E-state index in [1.165, 1.54) is 0 Å². The SMILES string of the molecule is CC(CN1C=NCC1)NC(=O)NC(C)CN1C=NCC1. The summed E-state index contributed by atoms with van der Waals surface area (Å²) in [5.41, 5.74) is 0. The molecule has 20 heavy (non-hydrogen) atoms. The molecule has 2 aliphatic rings. The Morgan fingerprint density at radius 3 is 1.85 bits per heavy atom. The Bertz CT molecular complexity index is 349. The third-order valence-corrected chi connectivity index (χ3v) is 3.29. The van der Waals surface area contributed by atoms with E-state index in [-0.39, 0.29) is 18.1 Å². The Hall–Kier alpha value is -1.79. The second kappa shape index (κ2) is 7.12. The number of aliphatic imine (C=N–C) groups is 2. The van der Waals surface area contributed by atoms with E-state index in [1.54, 1.807) is 0 Å². The molecule has 0 saturated carbocycles. The minimum absolute atomic E-state index is 0.0973. The number of carbonyl (C=O) groups excluding carboxylic acids is 1. The zero-order valence-electron chi connectivity index (χ0n) is 12.2. The van der Waals surface area contributed by atoms with Gasteiger partial charge >= 0.3 is 6.03 Å². The van der Waals surface area contributed by atoms with Crippen LogP contribution in [0.4, 0.5) is 4.79 Å². The highest BCUT2D eigenvalue weighted by Gasteiger charge is 2.15. The van der Waals surface area contributed by atoms with Crippen LogP contribution in [0.15, 0.2) is 9.98 Å². The van der Waals surface area contributed by atoms with Crippen LogP contribution in [0.3, 0.4) is 0 Å². The molecule has 0 spiro atoms. The molecule has 2 aliphatic heterocycles. The van der Waals surface area contributed by atoms with Gasteiger partial charge in [0, 0.05) is 38.3 Å². The lowest BCUT2D eigenvalue weighted by atomic mass is 10.3. The van der Waals surface area contributed by atoms with Crippen molar-refractivity contribution in [3.8, 4) is 0 Å². The van der Waals surface area contributed by atoms with Crippen molar-refractivity contribution < 1.29 is 4.79 Å². The van der Waals surface area contributed by atoms with E-state index < -0.39 is 0 Å². The Morgan fingerprint density at radius 2 is 1.50 bits per heavy atom. The van der Waals surface area contributed by atoms with Crippen LogP contribution in [0.1, 0.15) is 13.8 Å². The molecule has 2 N–H and O–H groups in total. The molecule has 2 atom stereocenters. The van der Waals surface area contributed by atoms with Crippen LogP contribution in [-0.4, -0.2) is 79.9 Å². The molecule has 0 aliphatic carbocycles. The lowest BCUT2D eigenvalue weighted by Gasteiger charge is -2.24. The number of hydrogen-bond acceptors (Lipinski definition) is 5. The van der Waals surface area contributed by atoms with Gasteiger partial charge in [-0.25, -0.2) is 4.79 Å². The van der Waals surface area contributed by atoms with Crippen molar-refractivity contribution in [2.45, 2.75) is 25.9 Å². The summed E-state index contributed by atoms with van der Waals surface area (Å²) in [6.45, 7) is 9.19. The summed E-state index contributed by atoms with van der Waals surface area (Å²) >= 11 is 0. The second-order valence-corrected chi connectivity index (χ2v) is 5.45. The molecule has 7 heteroatoms. The molecule has 0 aromatic carbocycles. The largest absolute Gasteiger partial charge is 0.359 e. The summed E-state index contributed by atoms with van der Waals surface area (Å²) in [5.74, 6) is 0. The number of hydrogen-bond donors (Lipinski definition) is 2. The van der Waals surface area contributed by atoms with E-state index in [9.17, 15) is 4.79 Å². The molecule has 0 aromatic heterocycles. The number of carbonyl (C=O) groups is 1. The minimum Gasteiger partial charge on any atom is -0.359 e. The highest BCUT2D eigenvalue weighted by Crippen LogP contribution is 1.97. The highest BCUT2D eigenvalue weighted by atomic mass is 16.2. The molecule has 2 rings (SSSR count). The van der Waals surface area contributed by atoms with Crippen molar-refractivity contribution in [1.82, 2.24) is 20.4 Å². The molecule has 0 fully saturated rings. The Kier molecular flexibility index (Phi) is 5.20. The summed E-state index contributed by atoms with van der Waals surface area (Å²) in [7, 11) is 0. The van der Waals surface area contributed by atoms with Crippen molar-refractivity contribution in [3.05, 3.63) is 0 Å². The maximum Gasteiger partial charge on any atom is 0.315 e. The molecule has 7 nitrogen and oxygen atoms in total. The maximum atomic E-state index is 11.9. The number of amides is 2. The van der Waals surface area contributed by atoms with E-state index >= 15 is 0 Å². The lowest BCUT2D eigenvalue weighted by molar-refractivity contribution is 0.230. The van der Waals surface area contributed by atoms with Gasteiger partial charge in [-0.05, 0) is 13.8 Å². The first-order chi connectivity index (χ1) is 9.63. The molecule has 2 amide bonds.